The van der Waals surface area contributed by atoms with Gasteiger partial charge in [0.1, 0.15) is 18.3 Å². The first kappa shape index (κ1) is 21.6. The summed E-state index contributed by atoms with van der Waals surface area (Å²) in [4.78, 5) is 0. The topological polar surface area (TPSA) is 80.9 Å². The Bertz CT molecular complexity index is 255. The molecule has 3 atom stereocenters. The van der Waals surface area contributed by atoms with E-state index >= 15 is 0 Å². The molecule has 0 aliphatic rings. The highest BCUT2D eigenvalue weighted by Crippen LogP contribution is 2.11. The van der Waals surface area contributed by atoms with Gasteiger partial charge in [-0.1, -0.05) is 76.9 Å². The minimum absolute atomic E-state index is 0.551. The Kier molecular flexibility index (Phi) is 15.2. The molecule has 0 aromatic carbocycles. The molecule has 0 bridgehead atoms. The Morgan fingerprint density at radius 3 is 1.77 bits per heavy atom. The predicted octanol–water partition coefficient (Wildman–Crippen LogP) is 2.93. The zero-order valence-corrected chi connectivity index (χ0v) is 14.2. The Morgan fingerprint density at radius 2 is 1.27 bits per heavy atom. The number of aliphatic hydroxyl groups excluding tert-OH is 4. The number of rotatable bonds is 15. The largest absolute Gasteiger partial charge is 0.394 e. The van der Waals surface area contributed by atoms with E-state index in [1.165, 1.54) is 63.9 Å². The van der Waals surface area contributed by atoms with Crippen LogP contribution in [0, 0.1) is 0 Å². The van der Waals surface area contributed by atoms with Gasteiger partial charge in [0.2, 0.25) is 0 Å². The van der Waals surface area contributed by atoms with Crippen molar-refractivity contribution in [1.82, 2.24) is 0 Å². The number of hydrogen-bond donors (Lipinski definition) is 4. The second kappa shape index (κ2) is 15.5. The van der Waals surface area contributed by atoms with Gasteiger partial charge in [-0.3, -0.25) is 0 Å². The van der Waals surface area contributed by atoms with Crippen LogP contribution in [0.2, 0.25) is 0 Å². The van der Waals surface area contributed by atoms with E-state index in [1.54, 1.807) is 0 Å². The molecule has 0 amide bonds. The summed E-state index contributed by atoms with van der Waals surface area (Å²) in [5, 5.41) is 36.9. The second-order valence-corrected chi connectivity index (χ2v) is 6.13. The van der Waals surface area contributed by atoms with Crippen LogP contribution in [0.25, 0.3) is 0 Å². The van der Waals surface area contributed by atoms with E-state index in [2.05, 4.69) is 6.92 Å². The number of allylic oxidation sites excluding steroid dienone is 1. The molecule has 0 heterocycles. The average molecular weight is 316 g/mol. The minimum Gasteiger partial charge on any atom is -0.394 e. The predicted molar refractivity (Wildman–Crippen MR) is 90.7 cm³/mol. The van der Waals surface area contributed by atoms with Crippen molar-refractivity contribution in [3.05, 3.63) is 12.2 Å². The van der Waals surface area contributed by atoms with Gasteiger partial charge in [0.15, 0.2) is 0 Å². The summed E-state index contributed by atoms with van der Waals surface area (Å²) in [5.41, 5.74) is 0. The summed E-state index contributed by atoms with van der Waals surface area (Å²) in [7, 11) is 0. The first-order valence-corrected chi connectivity index (χ1v) is 8.95. The average Bonchev–Trinajstić information content (AvgIpc) is 2.54. The van der Waals surface area contributed by atoms with Gasteiger partial charge in [-0.2, -0.15) is 0 Å². The van der Waals surface area contributed by atoms with Crippen molar-refractivity contribution < 1.29 is 20.4 Å². The normalized spacial score (nSPS) is 16.0. The summed E-state index contributed by atoms with van der Waals surface area (Å²) in [6.45, 7) is 1.69. The quantitative estimate of drug-likeness (QED) is 0.277. The molecule has 0 spiro atoms. The first-order chi connectivity index (χ1) is 10.6. The van der Waals surface area contributed by atoms with Gasteiger partial charge in [0.25, 0.3) is 0 Å². The standard InChI is InChI=1S/C18H36O4/c1-2-3-4-5-6-7-8-9-10-11-12-13-14-16(20)18(22)17(21)15-19/h13-14,16-22H,2-12,15H2,1H3/b14-13+/t16-,17-,18-/m1/s1. The molecule has 0 aromatic heterocycles. The molecule has 4 heteroatoms. The van der Waals surface area contributed by atoms with E-state index in [0.29, 0.717) is 0 Å². The van der Waals surface area contributed by atoms with E-state index in [9.17, 15) is 15.3 Å². The van der Waals surface area contributed by atoms with Gasteiger partial charge < -0.3 is 20.4 Å². The number of hydrogen-bond acceptors (Lipinski definition) is 4. The lowest BCUT2D eigenvalue weighted by Crippen LogP contribution is -2.38. The number of unbranched alkanes of at least 4 members (excludes halogenated alkanes) is 10. The van der Waals surface area contributed by atoms with Gasteiger partial charge in [0.05, 0.1) is 6.61 Å². The molecule has 132 valence electrons. The van der Waals surface area contributed by atoms with Gasteiger partial charge in [-0.25, -0.2) is 0 Å². The first-order valence-electron chi connectivity index (χ1n) is 8.95. The molecular formula is C18H36O4. The van der Waals surface area contributed by atoms with Crippen molar-refractivity contribution in [2.24, 2.45) is 0 Å². The zero-order chi connectivity index (χ0) is 16.6. The third-order valence-electron chi connectivity index (χ3n) is 3.99. The van der Waals surface area contributed by atoms with Crippen molar-refractivity contribution in [2.45, 2.75) is 95.9 Å². The SMILES string of the molecule is CCCCCCCCCCCC/C=C/[C@@H](O)[C@@H](O)[C@H](O)CO. The fourth-order valence-corrected chi connectivity index (χ4v) is 2.43. The summed E-state index contributed by atoms with van der Waals surface area (Å²) in [6, 6.07) is 0. The van der Waals surface area contributed by atoms with Crippen molar-refractivity contribution in [2.75, 3.05) is 6.61 Å². The lowest BCUT2D eigenvalue weighted by atomic mass is 10.0. The monoisotopic (exact) mass is 316 g/mol. The molecule has 22 heavy (non-hydrogen) atoms. The lowest BCUT2D eigenvalue weighted by molar-refractivity contribution is -0.0611. The van der Waals surface area contributed by atoms with Crippen molar-refractivity contribution in [3.63, 3.8) is 0 Å². The van der Waals surface area contributed by atoms with E-state index in [-0.39, 0.29) is 0 Å². The molecule has 0 fully saturated rings. The molecule has 4 N–H and O–H groups in total. The minimum atomic E-state index is -1.33. The van der Waals surface area contributed by atoms with Crippen LogP contribution >= 0.6 is 0 Å². The van der Waals surface area contributed by atoms with Crippen LogP contribution in [0.15, 0.2) is 12.2 Å². The fourth-order valence-electron chi connectivity index (χ4n) is 2.43. The second-order valence-electron chi connectivity index (χ2n) is 6.13. The van der Waals surface area contributed by atoms with E-state index in [1.807, 2.05) is 6.08 Å². The molecule has 0 radical (unpaired) electrons. The fraction of sp³-hybridized carbons (Fsp3) is 0.889. The van der Waals surface area contributed by atoms with Gasteiger partial charge in [0, 0.05) is 0 Å². The van der Waals surface area contributed by atoms with Crippen LogP contribution < -0.4 is 0 Å². The molecule has 4 nitrogen and oxygen atoms in total. The van der Waals surface area contributed by atoms with Crippen LogP contribution in [0.5, 0.6) is 0 Å². The van der Waals surface area contributed by atoms with E-state index in [0.717, 1.165) is 12.8 Å². The molecular weight excluding hydrogens is 280 g/mol. The highest BCUT2D eigenvalue weighted by molar-refractivity contribution is 4.94. The van der Waals surface area contributed by atoms with Crippen molar-refractivity contribution in [3.8, 4) is 0 Å². The van der Waals surface area contributed by atoms with Crippen LogP contribution in [0.1, 0.15) is 77.6 Å². The van der Waals surface area contributed by atoms with E-state index in [4.69, 9.17) is 5.11 Å². The third-order valence-corrected chi connectivity index (χ3v) is 3.99. The maximum absolute atomic E-state index is 9.57. The molecule has 0 unspecified atom stereocenters. The lowest BCUT2D eigenvalue weighted by Gasteiger charge is -2.18. The Morgan fingerprint density at radius 1 is 0.773 bits per heavy atom. The molecule has 0 saturated heterocycles. The Hall–Kier alpha value is -0.420. The molecule has 0 saturated carbocycles. The van der Waals surface area contributed by atoms with E-state index < -0.39 is 24.9 Å². The molecule has 0 aliphatic heterocycles. The van der Waals surface area contributed by atoms with Gasteiger partial charge in [-0.15, -0.1) is 0 Å². The van der Waals surface area contributed by atoms with Crippen LogP contribution in [-0.4, -0.2) is 45.3 Å². The number of aliphatic hydroxyl groups is 4. The third kappa shape index (κ3) is 12.2. The van der Waals surface area contributed by atoms with Crippen molar-refractivity contribution >= 4 is 0 Å². The Balaban J connectivity index is 3.40. The van der Waals surface area contributed by atoms with Crippen LogP contribution in [0.4, 0.5) is 0 Å². The van der Waals surface area contributed by atoms with Crippen molar-refractivity contribution in [1.29, 1.82) is 0 Å². The highest BCUT2D eigenvalue weighted by Gasteiger charge is 2.21. The van der Waals surface area contributed by atoms with Gasteiger partial charge in [-0.05, 0) is 12.8 Å². The molecule has 0 aromatic rings. The summed E-state index contributed by atoms with van der Waals surface area (Å²) in [5.74, 6) is 0. The summed E-state index contributed by atoms with van der Waals surface area (Å²) < 4.78 is 0. The van der Waals surface area contributed by atoms with Crippen LogP contribution in [0.3, 0.4) is 0 Å². The smallest absolute Gasteiger partial charge is 0.112 e. The molecule has 0 rings (SSSR count). The maximum atomic E-state index is 9.57. The maximum Gasteiger partial charge on any atom is 0.112 e. The summed E-state index contributed by atoms with van der Waals surface area (Å²) in [6.07, 6.45) is 13.4. The Labute approximate surface area is 135 Å². The van der Waals surface area contributed by atoms with Crippen LogP contribution in [-0.2, 0) is 0 Å². The molecule has 0 aliphatic carbocycles. The highest BCUT2D eigenvalue weighted by atomic mass is 16.4. The summed E-state index contributed by atoms with van der Waals surface area (Å²) >= 11 is 0. The zero-order valence-electron chi connectivity index (χ0n) is 14.2. The van der Waals surface area contributed by atoms with Gasteiger partial charge >= 0.3 is 0 Å².